The molecule has 0 radical (unpaired) electrons. The van der Waals surface area contributed by atoms with Crippen molar-refractivity contribution in [2.45, 2.75) is 62.3 Å². The summed E-state index contributed by atoms with van der Waals surface area (Å²) >= 11 is 5.35. The summed E-state index contributed by atoms with van der Waals surface area (Å²) in [6, 6.07) is 0. The molecule has 0 aliphatic carbocycles. The van der Waals surface area contributed by atoms with E-state index in [-0.39, 0.29) is 0 Å². The van der Waals surface area contributed by atoms with Gasteiger partial charge in [-0.15, -0.1) is 0 Å². The Balaban J connectivity index is 0. The Hall–Kier alpha value is 0.0900. The smallest absolute Gasteiger partial charge is 0.00127 e. The average molecular weight is 230 g/mol. The zero-order valence-electron chi connectivity index (χ0n) is 12.1. The van der Waals surface area contributed by atoms with Gasteiger partial charge in [-0.3, -0.25) is 0 Å². The van der Waals surface area contributed by atoms with E-state index in [0.29, 0.717) is 17.3 Å². The minimum absolute atomic E-state index is 0.321. The van der Waals surface area contributed by atoms with Gasteiger partial charge in [0, 0.05) is 0 Å². The van der Waals surface area contributed by atoms with Crippen LogP contribution in [0.15, 0.2) is 0 Å². The van der Waals surface area contributed by atoms with E-state index in [1.165, 1.54) is 4.86 Å². The van der Waals surface area contributed by atoms with E-state index < -0.39 is 0 Å². The molecular weight excluding hydrogens is 200 g/mol. The van der Waals surface area contributed by atoms with Crippen LogP contribution >= 0.6 is 12.2 Å². The normalized spacial score (nSPS) is 13.5. The van der Waals surface area contributed by atoms with E-state index in [1.54, 1.807) is 0 Å². The van der Waals surface area contributed by atoms with E-state index >= 15 is 0 Å². The van der Waals surface area contributed by atoms with Crippen molar-refractivity contribution >= 4 is 17.1 Å². The first-order valence-corrected chi connectivity index (χ1v) is 6.44. The van der Waals surface area contributed by atoms with Gasteiger partial charge in [0.2, 0.25) is 0 Å². The Bertz CT molecular complexity index is 170. The Kier molecular flexibility index (Phi) is 8.60. The summed E-state index contributed by atoms with van der Waals surface area (Å²) in [6.45, 7) is 19.8. The quantitative estimate of drug-likeness (QED) is 0.576. The fraction of sp³-hybridized carbons (Fsp3) is 0.929. The summed E-state index contributed by atoms with van der Waals surface area (Å²) in [5, 5.41) is 0. The molecule has 0 nitrogen and oxygen atoms in total. The Morgan fingerprint density at radius 2 is 1.13 bits per heavy atom. The molecule has 1 heteroatoms. The fourth-order valence-corrected chi connectivity index (χ4v) is 1.28. The molecule has 0 aromatic rings. The van der Waals surface area contributed by atoms with Crippen LogP contribution in [-0.4, -0.2) is 4.86 Å². The number of hydrogen-bond donors (Lipinski definition) is 0. The zero-order chi connectivity index (χ0) is 12.8. The molecule has 1 atom stereocenters. The van der Waals surface area contributed by atoms with E-state index in [4.69, 9.17) is 12.2 Å². The Morgan fingerprint density at radius 1 is 0.867 bits per heavy atom. The predicted molar refractivity (Wildman–Crippen MR) is 76.6 cm³/mol. The van der Waals surface area contributed by atoms with Gasteiger partial charge in [-0.2, -0.15) is 0 Å². The molecule has 92 valence electrons. The molecule has 15 heavy (non-hydrogen) atoms. The second kappa shape index (κ2) is 7.38. The molecule has 0 spiro atoms. The van der Waals surface area contributed by atoms with Crippen molar-refractivity contribution < 1.29 is 0 Å². The van der Waals surface area contributed by atoms with Crippen LogP contribution in [0.1, 0.15) is 62.3 Å². The highest BCUT2D eigenvalue weighted by Gasteiger charge is 2.24. The van der Waals surface area contributed by atoms with Crippen LogP contribution in [0.5, 0.6) is 0 Å². The summed E-state index contributed by atoms with van der Waals surface area (Å²) in [7, 11) is 0. The Labute approximate surface area is 103 Å². The fourth-order valence-electron chi connectivity index (χ4n) is 0.927. The molecule has 0 aromatic carbocycles. The second-order valence-corrected chi connectivity index (χ2v) is 6.85. The van der Waals surface area contributed by atoms with Crippen LogP contribution in [0, 0.1) is 23.2 Å². The first-order valence-electron chi connectivity index (χ1n) is 6.03. The minimum Gasteiger partial charge on any atom is -0.0891 e. The number of hydrogen-bond acceptors (Lipinski definition) is 1. The highest BCUT2D eigenvalue weighted by atomic mass is 32.1. The van der Waals surface area contributed by atoms with Gasteiger partial charge in [0.15, 0.2) is 0 Å². The lowest BCUT2D eigenvalue weighted by Crippen LogP contribution is -2.27. The maximum absolute atomic E-state index is 5.35. The summed E-state index contributed by atoms with van der Waals surface area (Å²) in [5.41, 5.74) is 0.321. The lowest BCUT2D eigenvalue weighted by molar-refractivity contribution is 0.330. The third kappa shape index (κ3) is 10.4. The third-order valence-electron chi connectivity index (χ3n) is 2.29. The molecule has 0 saturated carbocycles. The molecule has 0 amide bonds. The van der Waals surface area contributed by atoms with Crippen molar-refractivity contribution in [3.05, 3.63) is 0 Å². The molecule has 0 aliphatic heterocycles. The first kappa shape index (κ1) is 17.5. The van der Waals surface area contributed by atoms with Crippen molar-refractivity contribution in [1.82, 2.24) is 0 Å². The van der Waals surface area contributed by atoms with Crippen molar-refractivity contribution in [2.75, 3.05) is 0 Å². The van der Waals surface area contributed by atoms with Gasteiger partial charge in [-0.25, -0.2) is 0 Å². The van der Waals surface area contributed by atoms with Gasteiger partial charge in [0.1, 0.15) is 0 Å². The molecule has 0 aliphatic rings. The van der Waals surface area contributed by atoms with Crippen LogP contribution in [0.4, 0.5) is 0 Å². The van der Waals surface area contributed by atoms with Crippen molar-refractivity contribution in [3.8, 4) is 0 Å². The summed E-state index contributed by atoms with van der Waals surface area (Å²) < 4.78 is 0. The average Bonchev–Trinajstić information content (AvgIpc) is 1.98. The van der Waals surface area contributed by atoms with E-state index in [2.05, 4.69) is 62.3 Å². The number of thiocarbonyl (C=S) groups is 1. The molecule has 0 saturated heterocycles. The lowest BCUT2D eigenvalue weighted by atomic mass is 9.77. The summed E-state index contributed by atoms with van der Waals surface area (Å²) in [5.74, 6) is 1.91. The van der Waals surface area contributed by atoms with Crippen molar-refractivity contribution in [2.24, 2.45) is 23.2 Å². The van der Waals surface area contributed by atoms with E-state index in [1.807, 2.05) is 0 Å². The number of rotatable bonds is 2. The largest absolute Gasteiger partial charge is 0.0891 e. The van der Waals surface area contributed by atoms with Crippen LogP contribution in [0.2, 0.25) is 0 Å². The second-order valence-electron chi connectivity index (χ2n) is 6.38. The molecule has 0 aromatic heterocycles. The summed E-state index contributed by atoms with van der Waals surface area (Å²) in [6.07, 6.45) is 0. The SMILES string of the molecule is CC(C)C.CC(C)C(=S)C(C)C(C)(C)C. The highest BCUT2D eigenvalue weighted by molar-refractivity contribution is 7.80. The molecular formula is C14H30S. The standard InChI is InChI=1S/C10H20S.C4H10/c1-7(2)9(11)8(3)10(4,5)6;1-4(2)3/h7-8H,1-6H3;4H,1-3H3. The zero-order valence-corrected chi connectivity index (χ0v) is 13.0. The van der Waals surface area contributed by atoms with Crippen LogP contribution in [-0.2, 0) is 0 Å². The minimum atomic E-state index is 0.321. The highest BCUT2D eigenvalue weighted by Crippen LogP contribution is 2.28. The van der Waals surface area contributed by atoms with E-state index in [9.17, 15) is 0 Å². The van der Waals surface area contributed by atoms with Gasteiger partial charge >= 0.3 is 0 Å². The topological polar surface area (TPSA) is 0 Å². The maximum Gasteiger partial charge on any atom is -0.00127 e. The summed E-state index contributed by atoms with van der Waals surface area (Å²) in [4.78, 5) is 1.21. The first-order chi connectivity index (χ1) is 6.50. The van der Waals surface area contributed by atoms with Crippen LogP contribution < -0.4 is 0 Å². The van der Waals surface area contributed by atoms with E-state index in [0.717, 1.165) is 5.92 Å². The maximum atomic E-state index is 5.35. The van der Waals surface area contributed by atoms with Crippen molar-refractivity contribution in [1.29, 1.82) is 0 Å². The van der Waals surface area contributed by atoms with Gasteiger partial charge < -0.3 is 0 Å². The van der Waals surface area contributed by atoms with Gasteiger partial charge in [0.05, 0.1) is 0 Å². The third-order valence-corrected chi connectivity index (χ3v) is 3.12. The van der Waals surface area contributed by atoms with Crippen molar-refractivity contribution in [3.63, 3.8) is 0 Å². The molecule has 0 N–H and O–H groups in total. The van der Waals surface area contributed by atoms with Gasteiger partial charge in [0.25, 0.3) is 0 Å². The monoisotopic (exact) mass is 230 g/mol. The molecule has 1 unspecified atom stereocenters. The molecule has 0 rings (SSSR count). The molecule has 0 heterocycles. The van der Waals surface area contributed by atoms with Gasteiger partial charge in [-0.05, 0) is 28.0 Å². The van der Waals surface area contributed by atoms with Gasteiger partial charge in [-0.1, -0.05) is 74.5 Å². The molecule has 0 fully saturated rings. The lowest BCUT2D eigenvalue weighted by Gasteiger charge is -2.29. The Morgan fingerprint density at radius 3 is 1.20 bits per heavy atom. The van der Waals surface area contributed by atoms with Crippen LogP contribution in [0.25, 0.3) is 0 Å². The predicted octanol–water partition coefficient (Wildman–Crippen LogP) is 5.36. The molecule has 0 bridgehead atoms. The van der Waals surface area contributed by atoms with Crippen LogP contribution in [0.3, 0.4) is 0 Å².